The van der Waals surface area contributed by atoms with Crippen molar-refractivity contribution in [3.63, 3.8) is 0 Å². The highest BCUT2D eigenvalue weighted by Crippen LogP contribution is 2.39. The van der Waals surface area contributed by atoms with Crippen LogP contribution in [-0.4, -0.2) is 32.3 Å². The van der Waals surface area contributed by atoms with E-state index in [-0.39, 0.29) is 17.3 Å². The van der Waals surface area contributed by atoms with E-state index in [4.69, 9.17) is 14.2 Å². The van der Waals surface area contributed by atoms with E-state index in [1.165, 1.54) is 25.4 Å². The Morgan fingerprint density at radius 1 is 1.12 bits per heavy atom. The molecule has 1 aliphatic heterocycles. The average molecular weight is 359 g/mol. The van der Waals surface area contributed by atoms with E-state index in [2.05, 4.69) is 0 Å². The fourth-order valence-electron chi connectivity index (χ4n) is 2.76. The second-order valence-electron chi connectivity index (χ2n) is 5.37. The molecular weight excluding hydrogens is 346 g/mol. The van der Waals surface area contributed by atoms with Gasteiger partial charge in [-0.15, -0.1) is 0 Å². The predicted molar refractivity (Wildman–Crippen MR) is 88.4 cm³/mol. The van der Waals surface area contributed by atoms with Crippen LogP contribution in [0.4, 0.5) is 0 Å². The zero-order valence-corrected chi connectivity index (χ0v) is 13.9. The van der Waals surface area contributed by atoms with Crippen LogP contribution in [0.3, 0.4) is 0 Å². The van der Waals surface area contributed by atoms with E-state index in [9.17, 15) is 13.2 Å². The molecular formula is C17H13NO6S. The molecule has 25 heavy (non-hydrogen) atoms. The Labute approximate surface area is 143 Å². The third kappa shape index (κ3) is 2.33. The summed E-state index contributed by atoms with van der Waals surface area (Å²) in [5, 5.41) is 0.413. The molecule has 0 bridgehead atoms. The first-order valence-electron chi connectivity index (χ1n) is 7.36. The lowest BCUT2D eigenvalue weighted by Gasteiger charge is -2.07. The maximum absolute atomic E-state index is 13.0. The first-order chi connectivity index (χ1) is 12.0. The van der Waals surface area contributed by atoms with Gasteiger partial charge in [-0.1, -0.05) is 18.2 Å². The summed E-state index contributed by atoms with van der Waals surface area (Å²) < 4.78 is 42.5. The molecule has 0 unspecified atom stereocenters. The van der Waals surface area contributed by atoms with E-state index in [1.54, 1.807) is 30.3 Å². The quantitative estimate of drug-likeness (QED) is 0.668. The molecule has 8 heteroatoms. The topological polar surface area (TPSA) is 83.8 Å². The molecule has 1 aromatic heterocycles. The van der Waals surface area contributed by atoms with E-state index < -0.39 is 16.0 Å². The van der Waals surface area contributed by atoms with Gasteiger partial charge in [-0.3, -0.25) is 0 Å². The van der Waals surface area contributed by atoms with Crippen LogP contribution in [-0.2, 0) is 14.8 Å². The monoisotopic (exact) mass is 359 g/mol. The van der Waals surface area contributed by atoms with Gasteiger partial charge >= 0.3 is 5.97 Å². The third-order valence-corrected chi connectivity index (χ3v) is 5.66. The number of nitrogens with zero attached hydrogens (tertiary/aromatic N) is 1. The Morgan fingerprint density at radius 2 is 1.80 bits per heavy atom. The second-order valence-corrected chi connectivity index (χ2v) is 7.19. The van der Waals surface area contributed by atoms with Crippen LogP contribution >= 0.6 is 0 Å². The zero-order valence-electron chi connectivity index (χ0n) is 13.1. The molecule has 128 valence electrons. The van der Waals surface area contributed by atoms with Gasteiger partial charge in [0.1, 0.15) is 0 Å². The summed E-state index contributed by atoms with van der Waals surface area (Å²) in [6.07, 6.45) is 1.26. The summed E-state index contributed by atoms with van der Waals surface area (Å²) in [7, 11) is -2.65. The Morgan fingerprint density at radius 3 is 2.48 bits per heavy atom. The van der Waals surface area contributed by atoms with Gasteiger partial charge in [0.2, 0.25) is 6.79 Å². The molecule has 7 nitrogen and oxygen atoms in total. The van der Waals surface area contributed by atoms with Gasteiger partial charge in [-0.25, -0.2) is 17.2 Å². The largest absolute Gasteiger partial charge is 0.465 e. The van der Waals surface area contributed by atoms with Gasteiger partial charge < -0.3 is 14.2 Å². The van der Waals surface area contributed by atoms with Crippen molar-refractivity contribution < 1.29 is 27.4 Å². The van der Waals surface area contributed by atoms with Crippen molar-refractivity contribution >= 4 is 26.9 Å². The maximum atomic E-state index is 13.0. The van der Waals surface area contributed by atoms with Crippen molar-refractivity contribution in [1.82, 2.24) is 3.97 Å². The maximum Gasteiger partial charge on any atom is 0.340 e. The Kier molecular flexibility index (Phi) is 3.43. The summed E-state index contributed by atoms with van der Waals surface area (Å²) in [4.78, 5) is 12.2. The number of fused-ring (bicyclic) bond motifs is 2. The minimum Gasteiger partial charge on any atom is -0.465 e. The number of hydrogen-bond donors (Lipinski definition) is 0. The molecule has 4 rings (SSSR count). The van der Waals surface area contributed by atoms with E-state index >= 15 is 0 Å². The van der Waals surface area contributed by atoms with Gasteiger partial charge in [0.15, 0.2) is 11.5 Å². The van der Waals surface area contributed by atoms with Crippen LogP contribution in [0.5, 0.6) is 11.5 Å². The van der Waals surface area contributed by atoms with Gasteiger partial charge in [0.25, 0.3) is 10.0 Å². The lowest BCUT2D eigenvalue weighted by atomic mass is 10.1. The number of carbonyl (C=O) groups excluding carboxylic acids is 1. The number of methoxy groups -OCH3 is 1. The summed E-state index contributed by atoms with van der Waals surface area (Å²) in [5.74, 6) is 0.241. The number of esters is 1. The molecule has 1 aliphatic rings. The van der Waals surface area contributed by atoms with Crippen molar-refractivity contribution in [2.45, 2.75) is 4.90 Å². The molecule has 0 atom stereocenters. The van der Waals surface area contributed by atoms with E-state index in [1.807, 2.05) is 0 Å². The summed E-state index contributed by atoms with van der Waals surface area (Å²) in [6, 6.07) is 11.1. The molecule has 2 heterocycles. The first-order valence-corrected chi connectivity index (χ1v) is 8.80. The Balaban J connectivity index is 2.03. The van der Waals surface area contributed by atoms with Crippen LogP contribution in [0.2, 0.25) is 0 Å². The molecule has 0 saturated carbocycles. The van der Waals surface area contributed by atoms with E-state index in [0.717, 1.165) is 3.97 Å². The molecule has 0 N–H and O–H groups in total. The molecule has 3 aromatic rings. The fraction of sp³-hybridized carbons (Fsp3) is 0.118. The molecule has 0 amide bonds. The van der Waals surface area contributed by atoms with Crippen LogP contribution in [0.25, 0.3) is 10.9 Å². The number of hydrogen-bond acceptors (Lipinski definition) is 6. The van der Waals surface area contributed by atoms with Crippen LogP contribution in [0, 0.1) is 0 Å². The molecule has 0 radical (unpaired) electrons. The standard InChI is InChI=1S/C17H13NO6S/c1-22-17(19)13-9-18(25(20,21)11-5-3-2-4-6-11)14-8-16-15(7-12(13)14)23-10-24-16/h2-9H,10H2,1H3. The Bertz CT molecular complexity index is 1090. The van der Waals surface area contributed by atoms with Crippen molar-refractivity contribution in [3.8, 4) is 11.5 Å². The van der Waals surface area contributed by atoms with Crippen molar-refractivity contribution in [3.05, 3.63) is 54.2 Å². The predicted octanol–water partition coefficient (Wildman–Crippen LogP) is 2.39. The number of carbonyl (C=O) groups is 1. The summed E-state index contributed by atoms with van der Waals surface area (Å²) in [5.41, 5.74) is 0.448. The highest BCUT2D eigenvalue weighted by molar-refractivity contribution is 7.90. The third-order valence-electron chi connectivity index (χ3n) is 3.97. The zero-order chi connectivity index (χ0) is 17.6. The van der Waals surface area contributed by atoms with Crippen LogP contribution in [0.15, 0.2) is 53.6 Å². The molecule has 0 aliphatic carbocycles. The molecule has 0 saturated heterocycles. The molecule has 2 aromatic carbocycles. The van der Waals surface area contributed by atoms with Gasteiger partial charge in [0.05, 0.1) is 23.1 Å². The van der Waals surface area contributed by atoms with Crippen molar-refractivity contribution in [2.75, 3.05) is 13.9 Å². The van der Waals surface area contributed by atoms with Gasteiger partial charge in [0, 0.05) is 17.6 Å². The lowest BCUT2D eigenvalue weighted by molar-refractivity contribution is 0.0603. The highest BCUT2D eigenvalue weighted by Gasteiger charge is 2.27. The number of ether oxygens (including phenoxy) is 3. The normalized spacial score (nSPS) is 13.2. The Hall–Kier alpha value is -3.00. The minimum atomic E-state index is -3.89. The lowest BCUT2D eigenvalue weighted by Crippen LogP contribution is -2.12. The first kappa shape index (κ1) is 15.5. The van der Waals surface area contributed by atoms with E-state index in [0.29, 0.717) is 22.4 Å². The SMILES string of the molecule is COC(=O)c1cn(S(=O)(=O)c2ccccc2)c2cc3c(cc12)OCO3. The molecule has 0 spiro atoms. The van der Waals surface area contributed by atoms with Gasteiger partial charge in [-0.05, 0) is 18.2 Å². The second kappa shape index (κ2) is 5.52. The number of benzene rings is 2. The van der Waals surface area contributed by atoms with Crippen molar-refractivity contribution in [2.24, 2.45) is 0 Å². The average Bonchev–Trinajstić information content (AvgIpc) is 3.24. The number of aromatic nitrogens is 1. The highest BCUT2D eigenvalue weighted by atomic mass is 32.2. The summed E-state index contributed by atoms with van der Waals surface area (Å²) in [6.45, 7) is 0.0426. The van der Waals surface area contributed by atoms with Crippen LogP contribution < -0.4 is 9.47 Å². The van der Waals surface area contributed by atoms with Crippen LogP contribution in [0.1, 0.15) is 10.4 Å². The summed E-state index contributed by atoms with van der Waals surface area (Å²) >= 11 is 0. The number of rotatable bonds is 3. The smallest absolute Gasteiger partial charge is 0.340 e. The van der Waals surface area contributed by atoms with Gasteiger partial charge in [-0.2, -0.15) is 0 Å². The van der Waals surface area contributed by atoms with Crippen molar-refractivity contribution in [1.29, 1.82) is 0 Å². The fourth-order valence-corrected chi connectivity index (χ4v) is 4.15. The minimum absolute atomic E-state index is 0.0426. The molecule has 0 fully saturated rings.